The molecule has 0 saturated carbocycles. The third-order valence-electron chi connectivity index (χ3n) is 5.21. The van der Waals surface area contributed by atoms with Crippen LogP contribution in [-0.2, 0) is 18.4 Å². The summed E-state index contributed by atoms with van der Waals surface area (Å²) < 4.78 is 9.22. The third kappa shape index (κ3) is 4.47. The zero-order valence-electron chi connectivity index (χ0n) is 18.1. The van der Waals surface area contributed by atoms with Crippen molar-refractivity contribution in [1.82, 2.24) is 29.6 Å². The zero-order valence-corrected chi connectivity index (χ0v) is 18.9. The normalized spacial score (nSPS) is 11.8. The van der Waals surface area contributed by atoms with Gasteiger partial charge in [0.25, 0.3) is 0 Å². The molecule has 32 heavy (non-hydrogen) atoms. The Morgan fingerprint density at radius 3 is 2.69 bits per heavy atom. The topological polar surface area (TPSA) is 89.8 Å². The van der Waals surface area contributed by atoms with Crippen molar-refractivity contribution in [3.05, 3.63) is 82.6 Å². The van der Waals surface area contributed by atoms with Crippen molar-refractivity contribution >= 4 is 18.1 Å². The molecule has 0 bridgehead atoms. The standard InChI is InChI=1S/C23H24N6O2S/c1-15-5-4-6-17(13-15)21-26-27-23(32)29(21)14-19(30)25-20(22-24-11-12-28(22)2)16-7-9-18(31-3)10-8-16/h4-13,20H,14H2,1-3H3,(H,25,30)(H,27,32). The van der Waals surface area contributed by atoms with E-state index in [0.29, 0.717) is 10.6 Å². The van der Waals surface area contributed by atoms with E-state index in [0.717, 1.165) is 28.3 Å². The van der Waals surface area contributed by atoms with Gasteiger partial charge in [-0.15, -0.1) is 0 Å². The minimum atomic E-state index is -0.433. The van der Waals surface area contributed by atoms with Gasteiger partial charge in [-0.3, -0.25) is 14.5 Å². The third-order valence-corrected chi connectivity index (χ3v) is 5.52. The molecule has 4 aromatic rings. The van der Waals surface area contributed by atoms with Crippen molar-refractivity contribution in [3.63, 3.8) is 0 Å². The first-order chi connectivity index (χ1) is 15.5. The molecule has 2 N–H and O–H groups in total. The second-order valence-electron chi connectivity index (χ2n) is 7.48. The number of methoxy groups -OCH3 is 1. The molecule has 0 aliphatic rings. The van der Waals surface area contributed by atoms with E-state index in [2.05, 4.69) is 20.5 Å². The van der Waals surface area contributed by atoms with Gasteiger partial charge in [-0.05, 0) is 42.9 Å². The fourth-order valence-corrected chi connectivity index (χ4v) is 3.76. The van der Waals surface area contributed by atoms with E-state index in [1.54, 1.807) is 17.9 Å². The number of ether oxygens (including phenoxy) is 1. The summed E-state index contributed by atoms with van der Waals surface area (Å²) in [5.41, 5.74) is 2.88. The number of hydrogen-bond acceptors (Lipinski definition) is 5. The fourth-order valence-electron chi connectivity index (χ4n) is 3.57. The Morgan fingerprint density at radius 1 is 1.25 bits per heavy atom. The summed E-state index contributed by atoms with van der Waals surface area (Å²) in [5.74, 6) is 1.87. The number of rotatable bonds is 7. The predicted octanol–water partition coefficient (Wildman–Crippen LogP) is 3.56. The molecule has 9 heteroatoms. The maximum Gasteiger partial charge on any atom is 0.240 e. The van der Waals surface area contributed by atoms with Crippen LogP contribution in [0.2, 0.25) is 0 Å². The lowest BCUT2D eigenvalue weighted by Crippen LogP contribution is -2.33. The molecular weight excluding hydrogens is 424 g/mol. The van der Waals surface area contributed by atoms with Crippen LogP contribution in [0.4, 0.5) is 0 Å². The summed E-state index contributed by atoms with van der Waals surface area (Å²) >= 11 is 5.39. The van der Waals surface area contributed by atoms with Gasteiger partial charge in [-0.25, -0.2) is 4.98 Å². The summed E-state index contributed by atoms with van der Waals surface area (Å²) in [6, 6.07) is 15.0. The van der Waals surface area contributed by atoms with Crippen LogP contribution in [-0.4, -0.2) is 37.3 Å². The number of benzene rings is 2. The molecule has 2 aromatic heterocycles. The first-order valence-electron chi connectivity index (χ1n) is 10.1. The monoisotopic (exact) mass is 448 g/mol. The Bertz CT molecular complexity index is 1290. The lowest BCUT2D eigenvalue weighted by molar-refractivity contribution is -0.122. The van der Waals surface area contributed by atoms with Gasteiger partial charge in [-0.1, -0.05) is 35.9 Å². The molecule has 4 rings (SSSR count). The zero-order chi connectivity index (χ0) is 22.7. The first kappa shape index (κ1) is 21.5. The average Bonchev–Trinajstić information content (AvgIpc) is 3.38. The van der Waals surface area contributed by atoms with Crippen LogP contribution in [0.25, 0.3) is 11.4 Å². The van der Waals surface area contributed by atoms with Crippen LogP contribution in [0.3, 0.4) is 0 Å². The average molecular weight is 449 g/mol. The molecule has 1 amide bonds. The quantitative estimate of drug-likeness (QED) is 0.422. The van der Waals surface area contributed by atoms with Crippen LogP contribution in [0.15, 0.2) is 60.9 Å². The van der Waals surface area contributed by atoms with Crippen molar-refractivity contribution < 1.29 is 9.53 Å². The number of aryl methyl sites for hydroxylation is 2. The van der Waals surface area contributed by atoms with Crippen LogP contribution in [0, 0.1) is 11.7 Å². The van der Waals surface area contributed by atoms with Crippen molar-refractivity contribution in [2.24, 2.45) is 7.05 Å². The second kappa shape index (κ2) is 9.19. The Balaban J connectivity index is 1.62. The van der Waals surface area contributed by atoms with E-state index in [1.807, 2.05) is 73.3 Å². The molecule has 0 saturated heterocycles. The number of amides is 1. The number of imidazole rings is 1. The molecule has 0 aliphatic heterocycles. The lowest BCUT2D eigenvalue weighted by Gasteiger charge is -2.20. The Labute approximate surface area is 190 Å². The molecule has 164 valence electrons. The molecule has 1 atom stereocenters. The Hall–Kier alpha value is -3.72. The Morgan fingerprint density at radius 2 is 2.03 bits per heavy atom. The fraction of sp³-hybridized carbons (Fsp3) is 0.217. The highest BCUT2D eigenvalue weighted by molar-refractivity contribution is 7.71. The van der Waals surface area contributed by atoms with Crippen molar-refractivity contribution in [2.75, 3.05) is 7.11 Å². The van der Waals surface area contributed by atoms with Gasteiger partial charge in [0.1, 0.15) is 24.2 Å². The number of aromatic nitrogens is 5. The van der Waals surface area contributed by atoms with E-state index < -0.39 is 6.04 Å². The minimum Gasteiger partial charge on any atom is -0.497 e. The predicted molar refractivity (Wildman–Crippen MR) is 124 cm³/mol. The molecule has 0 radical (unpaired) electrons. The Kier molecular flexibility index (Phi) is 6.18. The summed E-state index contributed by atoms with van der Waals surface area (Å²) in [5, 5.41) is 10.2. The summed E-state index contributed by atoms with van der Waals surface area (Å²) in [4.78, 5) is 17.6. The maximum atomic E-state index is 13.1. The summed E-state index contributed by atoms with van der Waals surface area (Å²) in [7, 11) is 3.51. The van der Waals surface area contributed by atoms with Gasteiger partial charge >= 0.3 is 0 Å². The van der Waals surface area contributed by atoms with Gasteiger partial charge < -0.3 is 14.6 Å². The summed E-state index contributed by atoms with van der Waals surface area (Å²) in [6.45, 7) is 2.03. The number of nitrogens with zero attached hydrogens (tertiary/aromatic N) is 4. The molecule has 8 nitrogen and oxygen atoms in total. The van der Waals surface area contributed by atoms with Crippen molar-refractivity contribution in [2.45, 2.75) is 19.5 Å². The molecule has 2 heterocycles. The van der Waals surface area contributed by atoms with E-state index in [1.165, 1.54) is 0 Å². The van der Waals surface area contributed by atoms with Crippen LogP contribution in [0.5, 0.6) is 5.75 Å². The van der Waals surface area contributed by atoms with E-state index in [-0.39, 0.29) is 12.5 Å². The van der Waals surface area contributed by atoms with Gasteiger partial charge in [0.2, 0.25) is 5.91 Å². The molecule has 0 aliphatic carbocycles. The second-order valence-corrected chi connectivity index (χ2v) is 7.86. The minimum absolute atomic E-state index is 0.0235. The highest BCUT2D eigenvalue weighted by Crippen LogP contribution is 2.23. The maximum absolute atomic E-state index is 13.1. The number of hydrogen-bond donors (Lipinski definition) is 2. The number of H-pyrrole nitrogens is 1. The molecule has 2 aromatic carbocycles. The van der Waals surface area contributed by atoms with E-state index in [9.17, 15) is 4.79 Å². The van der Waals surface area contributed by atoms with Gasteiger partial charge in [0, 0.05) is 25.0 Å². The molecule has 0 fully saturated rings. The molecular formula is C23H24N6O2S. The van der Waals surface area contributed by atoms with Crippen molar-refractivity contribution in [1.29, 1.82) is 0 Å². The number of carbonyl (C=O) groups excluding carboxylic acids is 1. The van der Waals surface area contributed by atoms with Gasteiger partial charge in [0.05, 0.1) is 7.11 Å². The number of nitrogens with one attached hydrogen (secondary N) is 2. The SMILES string of the molecule is COc1ccc(C(NC(=O)Cn2c(-c3cccc(C)c3)n[nH]c2=S)c2nccn2C)cc1. The highest BCUT2D eigenvalue weighted by Gasteiger charge is 2.22. The molecule has 1 unspecified atom stereocenters. The van der Waals surface area contributed by atoms with Gasteiger partial charge in [0.15, 0.2) is 10.6 Å². The van der Waals surface area contributed by atoms with E-state index >= 15 is 0 Å². The van der Waals surface area contributed by atoms with Crippen molar-refractivity contribution in [3.8, 4) is 17.1 Å². The number of carbonyl (C=O) groups is 1. The first-order valence-corrected chi connectivity index (χ1v) is 10.5. The molecule has 0 spiro atoms. The highest BCUT2D eigenvalue weighted by atomic mass is 32.1. The smallest absolute Gasteiger partial charge is 0.240 e. The van der Waals surface area contributed by atoms with Gasteiger partial charge in [-0.2, -0.15) is 5.10 Å². The number of aromatic amines is 1. The van der Waals surface area contributed by atoms with Crippen LogP contribution in [0.1, 0.15) is 23.0 Å². The van der Waals surface area contributed by atoms with Crippen LogP contribution >= 0.6 is 12.2 Å². The summed E-state index contributed by atoms with van der Waals surface area (Å²) in [6.07, 6.45) is 3.56. The lowest BCUT2D eigenvalue weighted by atomic mass is 10.1. The van der Waals surface area contributed by atoms with E-state index in [4.69, 9.17) is 17.0 Å². The van der Waals surface area contributed by atoms with Crippen LogP contribution < -0.4 is 10.1 Å². The largest absolute Gasteiger partial charge is 0.497 e.